The molecule has 0 aliphatic rings. The van der Waals surface area contributed by atoms with Crippen LogP contribution in [0.15, 0.2) is 77.3 Å². The minimum Gasteiger partial charge on any atom is -0.481 e. The monoisotopic (exact) mass is 474 g/mol. The predicted molar refractivity (Wildman–Crippen MR) is 128 cm³/mol. The second-order valence-electron chi connectivity index (χ2n) is 8.01. The molecule has 35 heavy (non-hydrogen) atoms. The highest BCUT2D eigenvalue weighted by Crippen LogP contribution is 2.33. The van der Waals surface area contributed by atoms with E-state index in [4.69, 9.17) is 14.4 Å². The van der Waals surface area contributed by atoms with Crippen LogP contribution < -0.4 is 5.32 Å². The number of anilines is 1. The number of amides is 1. The first-order valence-electron chi connectivity index (χ1n) is 10.9. The van der Waals surface area contributed by atoms with Crippen LogP contribution >= 0.6 is 0 Å². The lowest BCUT2D eigenvalue weighted by atomic mass is 10.0. The number of halogens is 1. The third-order valence-corrected chi connectivity index (χ3v) is 5.51. The smallest absolute Gasteiger partial charge is 0.412 e. The molecule has 0 aliphatic heterocycles. The number of carboxylic acids is 1. The van der Waals surface area contributed by atoms with Crippen LogP contribution in [0.25, 0.3) is 22.5 Å². The van der Waals surface area contributed by atoms with E-state index in [9.17, 15) is 14.0 Å². The zero-order chi connectivity index (χ0) is 24.9. The van der Waals surface area contributed by atoms with Crippen LogP contribution in [0.3, 0.4) is 0 Å². The molecule has 7 nitrogen and oxygen atoms in total. The van der Waals surface area contributed by atoms with E-state index in [0.717, 1.165) is 16.7 Å². The van der Waals surface area contributed by atoms with Crippen molar-refractivity contribution in [3.63, 3.8) is 0 Å². The number of hydrogen-bond acceptors (Lipinski definition) is 5. The molecule has 1 heterocycles. The number of aryl methyl sites for hydroxylation is 1. The van der Waals surface area contributed by atoms with Gasteiger partial charge in [-0.2, -0.15) is 0 Å². The Labute approximate surface area is 201 Å². The van der Waals surface area contributed by atoms with Gasteiger partial charge in [-0.05, 0) is 36.6 Å². The molecule has 1 aromatic heterocycles. The number of carboxylic acid groups (broad SMARTS) is 1. The molecule has 0 saturated carbocycles. The van der Waals surface area contributed by atoms with E-state index in [2.05, 4.69) is 10.5 Å². The van der Waals surface area contributed by atoms with Gasteiger partial charge in [-0.25, -0.2) is 9.18 Å². The summed E-state index contributed by atoms with van der Waals surface area (Å²) in [5.74, 6) is -0.966. The van der Waals surface area contributed by atoms with Crippen molar-refractivity contribution in [3.05, 3.63) is 95.4 Å². The third-order valence-electron chi connectivity index (χ3n) is 5.51. The number of benzene rings is 3. The summed E-state index contributed by atoms with van der Waals surface area (Å²) in [6.07, 6.45) is -1.58. The molecule has 0 fully saturated rings. The van der Waals surface area contributed by atoms with E-state index < -0.39 is 24.0 Å². The van der Waals surface area contributed by atoms with Crippen LogP contribution in [-0.2, 0) is 16.0 Å². The number of rotatable bonds is 7. The highest BCUT2D eigenvalue weighted by molar-refractivity contribution is 5.91. The van der Waals surface area contributed by atoms with Crippen LogP contribution in [0, 0.1) is 12.7 Å². The number of carbonyl (C=O) groups is 2. The van der Waals surface area contributed by atoms with Gasteiger partial charge in [0.15, 0.2) is 5.76 Å². The Balaban J connectivity index is 1.48. The summed E-state index contributed by atoms with van der Waals surface area (Å²) in [5, 5.41) is 15.5. The van der Waals surface area contributed by atoms with Gasteiger partial charge >= 0.3 is 12.1 Å². The fourth-order valence-electron chi connectivity index (χ4n) is 3.68. The maximum atomic E-state index is 14.0. The van der Waals surface area contributed by atoms with Crippen molar-refractivity contribution in [3.8, 4) is 22.5 Å². The summed E-state index contributed by atoms with van der Waals surface area (Å²) in [6.45, 7) is 3.28. The normalized spacial score (nSPS) is 11.6. The summed E-state index contributed by atoms with van der Waals surface area (Å²) in [4.78, 5) is 23.4. The van der Waals surface area contributed by atoms with Gasteiger partial charge in [-0.1, -0.05) is 71.9 Å². The second kappa shape index (κ2) is 10.2. The molecule has 8 heteroatoms. The van der Waals surface area contributed by atoms with Crippen LogP contribution in [0.1, 0.15) is 29.8 Å². The lowest BCUT2D eigenvalue weighted by molar-refractivity contribution is -0.136. The van der Waals surface area contributed by atoms with Gasteiger partial charge in [0.25, 0.3) is 0 Å². The van der Waals surface area contributed by atoms with Gasteiger partial charge in [-0.15, -0.1) is 0 Å². The number of aromatic nitrogens is 1. The van der Waals surface area contributed by atoms with E-state index in [-0.39, 0.29) is 12.0 Å². The van der Waals surface area contributed by atoms with Gasteiger partial charge in [0.05, 0.1) is 6.42 Å². The molecule has 4 rings (SSSR count). The maximum absolute atomic E-state index is 14.0. The molecule has 0 radical (unpaired) electrons. The second-order valence-corrected chi connectivity index (χ2v) is 8.01. The third kappa shape index (κ3) is 5.55. The molecule has 2 N–H and O–H groups in total. The average molecular weight is 474 g/mol. The molecule has 0 bridgehead atoms. The first kappa shape index (κ1) is 23.7. The predicted octanol–water partition coefficient (Wildman–Crippen LogP) is 6.39. The Morgan fingerprint density at radius 3 is 2.23 bits per heavy atom. The van der Waals surface area contributed by atoms with Crippen molar-refractivity contribution >= 4 is 17.7 Å². The van der Waals surface area contributed by atoms with Gasteiger partial charge in [0, 0.05) is 11.1 Å². The molecule has 178 valence electrons. The zero-order valence-corrected chi connectivity index (χ0v) is 19.1. The summed E-state index contributed by atoms with van der Waals surface area (Å²) >= 11 is 0. The summed E-state index contributed by atoms with van der Waals surface area (Å²) < 4.78 is 24.8. The van der Waals surface area contributed by atoms with Crippen molar-refractivity contribution < 1.29 is 28.3 Å². The fourth-order valence-corrected chi connectivity index (χ4v) is 3.68. The molecular weight excluding hydrogens is 451 g/mol. The molecular formula is C27H23FN2O5. The molecule has 0 aliphatic carbocycles. The number of carbonyl (C=O) groups excluding carboxylic acids is 1. The number of nitrogens with zero attached hydrogens (tertiary/aromatic N) is 1. The topological polar surface area (TPSA) is 102 Å². The molecule has 0 unspecified atom stereocenters. The Morgan fingerprint density at radius 2 is 1.60 bits per heavy atom. The van der Waals surface area contributed by atoms with Crippen molar-refractivity contribution in [1.29, 1.82) is 0 Å². The molecule has 4 aromatic rings. The van der Waals surface area contributed by atoms with Crippen molar-refractivity contribution in [2.75, 3.05) is 5.32 Å². The van der Waals surface area contributed by atoms with E-state index >= 15 is 0 Å². The fraction of sp³-hybridized carbons (Fsp3) is 0.148. The van der Waals surface area contributed by atoms with Gasteiger partial charge in [-0.3, -0.25) is 10.1 Å². The molecule has 0 saturated heterocycles. The van der Waals surface area contributed by atoms with Crippen molar-refractivity contribution in [1.82, 2.24) is 5.16 Å². The lowest BCUT2D eigenvalue weighted by Crippen LogP contribution is -2.17. The number of aliphatic carboxylic acids is 1. The number of hydrogen-bond donors (Lipinski definition) is 2. The quantitative estimate of drug-likeness (QED) is 0.322. The van der Waals surface area contributed by atoms with Crippen LogP contribution in [0.5, 0.6) is 0 Å². The Bertz CT molecular complexity index is 1350. The highest BCUT2D eigenvalue weighted by atomic mass is 19.1. The minimum absolute atomic E-state index is 0.0264. The van der Waals surface area contributed by atoms with E-state index in [1.807, 2.05) is 36.4 Å². The van der Waals surface area contributed by atoms with Gasteiger partial charge < -0.3 is 14.4 Å². The Morgan fingerprint density at radius 1 is 1.00 bits per heavy atom. The highest BCUT2D eigenvalue weighted by Gasteiger charge is 2.21. The Kier molecular flexibility index (Phi) is 6.91. The van der Waals surface area contributed by atoms with Crippen molar-refractivity contribution in [2.45, 2.75) is 26.4 Å². The zero-order valence-electron chi connectivity index (χ0n) is 19.1. The van der Waals surface area contributed by atoms with Crippen LogP contribution in [0.2, 0.25) is 0 Å². The van der Waals surface area contributed by atoms with E-state index in [0.29, 0.717) is 22.7 Å². The van der Waals surface area contributed by atoms with Crippen molar-refractivity contribution in [2.24, 2.45) is 0 Å². The minimum atomic E-state index is -0.876. The lowest BCUT2D eigenvalue weighted by Gasteiger charge is -2.15. The van der Waals surface area contributed by atoms with Crippen LogP contribution in [0.4, 0.5) is 14.9 Å². The SMILES string of the molecule is Cc1noc(-c2ccc(-c3ccc(CC(=O)O)cc3)cc2)c1NC(=O)O[C@@H](C)c1ccccc1F. The molecule has 3 aromatic carbocycles. The largest absolute Gasteiger partial charge is 0.481 e. The first-order chi connectivity index (χ1) is 16.8. The van der Waals surface area contributed by atoms with Gasteiger partial charge in [0.1, 0.15) is 23.3 Å². The standard InChI is InChI=1S/C27H23FN2O5/c1-16-25(29-27(33)34-17(2)22-5-3-4-6-23(22)28)26(35-30-16)21-13-11-20(12-14-21)19-9-7-18(8-10-19)15-24(31)32/h3-14,17H,15H2,1-2H3,(H,29,33)(H,31,32)/t17-/m0/s1. The van der Waals surface area contributed by atoms with Gasteiger partial charge in [0.2, 0.25) is 0 Å². The summed E-state index contributed by atoms with van der Waals surface area (Å²) in [5.41, 5.74) is 4.38. The van der Waals surface area contributed by atoms with E-state index in [1.165, 1.54) is 6.07 Å². The number of ether oxygens (including phenoxy) is 1. The average Bonchev–Trinajstić information content (AvgIpc) is 3.19. The number of nitrogens with one attached hydrogen (secondary N) is 1. The first-order valence-corrected chi connectivity index (χ1v) is 10.9. The summed E-state index contributed by atoms with van der Waals surface area (Å²) in [7, 11) is 0. The Hall–Kier alpha value is -4.46. The maximum Gasteiger partial charge on any atom is 0.412 e. The van der Waals surface area contributed by atoms with Crippen LogP contribution in [-0.4, -0.2) is 22.3 Å². The molecule has 1 atom stereocenters. The van der Waals surface area contributed by atoms with E-state index in [1.54, 1.807) is 44.2 Å². The molecule has 1 amide bonds. The molecule has 0 spiro atoms. The summed E-state index contributed by atoms with van der Waals surface area (Å²) in [6, 6.07) is 20.9.